The fourth-order valence-electron chi connectivity index (χ4n) is 3.04. The fourth-order valence-corrected chi connectivity index (χ4v) is 3.36. The Kier molecular flexibility index (Phi) is 6.91. The molecule has 0 saturated heterocycles. The lowest BCUT2D eigenvalue weighted by Gasteiger charge is -2.11. The topological polar surface area (TPSA) is 85.2 Å². The van der Waals surface area contributed by atoms with Crippen molar-refractivity contribution in [2.45, 2.75) is 20.4 Å². The van der Waals surface area contributed by atoms with Gasteiger partial charge in [-0.2, -0.15) is 5.10 Å². The summed E-state index contributed by atoms with van der Waals surface area (Å²) in [6.07, 6.45) is 0. The summed E-state index contributed by atoms with van der Waals surface area (Å²) in [5.41, 5.74) is 2.86. The van der Waals surface area contributed by atoms with Crippen LogP contribution in [0.5, 0.6) is 5.75 Å². The zero-order valence-electron chi connectivity index (χ0n) is 17.3. The monoisotopic (exact) mass is 444 g/mol. The second kappa shape index (κ2) is 9.61. The summed E-state index contributed by atoms with van der Waals surface area (Å²) < 4.78 is 19.8. The summed E-state index contributed by atoms with van der Waals surface area (Å²) in [5.74, 6) is -0.747. The molecule has 0 spiro atoms. The number of ether oxygens (including phenoxy) is 1. The highest BCUT2D eigenvalue weighted by molar-refractivity contribution is 6.33. The van der Waals surface area contributed by atoms with E-state index < -0.39 is 11.8 Å². The van der Waals surface area contributed by atoms with E-state index in [1.54, 1.807) is 31.2 Å². The number of benzene rings is 2. The second-order valence-electron chi connectivity index (χ2n) is 6.97. The van der Waals surface area contributed by atoms with E-state index in [1.807, 2.05) is 13.0 Å². The number of hydrogen-bond donors (Lipinski definition) is 2. The van der Waals surface area contributed by atoms with Crippen molar-refractivity contribution in [1.82, 2.24) is 15.1 Å². The van der Waals surface area contributed by atoms with E-state index >= 15 is 0 Å². The summed E-state index contributed by atoms with van der Waals surface area (Å²) in [5, 5.41) is 9.70. The van der Waals surface area contributed by atoms with Crippen LogP contribution < -0.4 is 15.4 Å². The largest absolute Gasteiger partial charge is 0.495 e. The van der Waals surface area contributed by atoms with E-state index in [2.05, 4.69) is 15.7 Å². The Labute approximate surface area is 184 Å². The average Bonchev–Trinajstić information content (AvgIpc) is 3.01. The molecule has 1 aromatic heterocycles. The zero-order valence-corrected chi connectivity index (χ0v) is 18.1. The van der Waals surface area contributed by atoms with Crippen molar-refractivity contribution >= 4 is 29.1 Å². The quantitative estimate of drug-likeness (QED) is 0.581. The van der Waals surface area contributed by atoms with Crippen molar-refractivity contribution < 1.29 is 18.7 Å². The first-order chi connectivity index (χ1) is 14.8. The van der Waals surface area contributed by atoms with Gasteiger partial charge in [-0.15, -0.1) is 0 Å². The molecule has 0 atom stereocenters. The minimum absolute atomic E-state index is 0.139. The Hall–Kier alpha value is -3.39. The number of carbonyl (C=O) groups excluding carboxylic acids is 2. The van der Waals surface area contributed by atoms with Crippen LogP contribution in [0.25, 0.3) is 0 Å². The van der Waals surface area contributed by atoms with E-state index in [9.17, 15) is 14.0 Å². The van der Waals surface area contributed by atoms with Crippen molar-refractivity contribution in [3.8, 4) is 5.75 Å². The minimum atomic E-state index is -0.515. The van der Waals surface area contributed by atoms with Crippen LogP contribution in [-0.2, 0) is 11.3 Å². The summed E-state index contributed by atoms with van der Waals surface area (Å²) in [6.45, 7) is 3.57. The van der Waals surface area contributed by atoms with E-state index in [4.69, 9.17) is 16.3 Å². The van der Waals surface area contributed by atoms with E-state index in [0.717, 1.165) is 11.1 Å². The van der Waals surface area contributed by atoms with Gasteiger partial charge in [0.2, 0.25) is 5.91 Å². The molecule has 1 heterocycles. The van der Waals surface area contributed by atoms with E-state index in [0.29, 0.717) is 17.1 Å². The molecule has 0 aliphatic carbocycles. The number of aromatic nitrogens is 2. The second-order valence-corrected chi connectivity index (χ2v) is 7.33. The van der Waals surface area contributed by atoms with Crippen LogP contribution in [0, 0.1) is 19.7 Å². The van der Waals surface area contributed by atoms with Crippen molar-refractivity contribution in [3.05, 3.63) is 75.8 Å². The SMILES string of the molecule is COc1ccc(C)cc1NC(=O)CNC(=O)c1c(C)nn(Cc2ccc(F)cc2)c1Cl. The number of aryl methyl sites for hydroxylation is 2. The highest BCUT2D eigenvalue weighted by Crippen LogP contribution is 2.25. The third kappa shape index (κ3) is 5.40. The molecule has 7 nitrogen and oxygen atoms in total. The number of halogens is 2. The number of nitrogens with one attached hydrogen (secondary N) is 2. The predicted octanol–water partition coefficient (Wildman–Crippen LogP) is 3.72. The van der Waals surface area contributed by atoms with Gasteiger partial charge in [-0.1, -0.05) is 29.8 Å². The molecule has 3 aromatic rings. The van der Waals surface area contributed by atoms with Gasteiger partial charge in [0.05, 0.1) is 37.1 Å². The molecular formula is C22H22ClFN4O3. The number of amides is 2. The Balaban J connectivity index is 1.65. The standard InChI is InChI=1S/C22H22ClFN4O3/c1-13-4-9-18(31-3)17(10-13)26-19(29)11-25-22(30)20-14(2)27-28(21(20)23)12-15-5-7-16(24)8-6-15/h4-10H,11-12H2,1-3H3,(H,25,30)(H,26,29). The molecule has 0 bridgehead atoms. The Morgan fingerprint density at radius 1 is 1.16 bits per heavy atom. The van der Waals surface area contributed by atoms with Gasteiger partial charge in [-0.3, -0.25) is 9.59 Å². The molecular weight excluding hydrogens is 423 g/mol. The van der Waals surface area contributed by atoms with Crippen LogP contribution in [0.15, 0.2) is 42.5 Å². The number of nitrogens with zero attached hydrogens (tertiary/aromatic N) is 2. The number of anilines is 1. The summed E-state index contributed by atoms with van der Waals surface area (Å²) in [4.78, 5) is 24.9. The molecule has 2 aromatic carbocycles. The molecule has 9 heteroatoms. The van der Waals surface area contributed by atoms with Crippen molar-refractivity contribution in [2.24, 2.45) is 0 Å². The van der Waals surface area contributed by atoms with Crippen molar-refractivity contribution in [3.63, 3.8) is 0 Å². The first kappa shape index (κ1) is 22.3. The first-order valence-electron chi connectivity index (χ1n) is 9.48. The maximum atomic E-state index is 13.1. The van der Waals surface area contributed by atoms with Crippen LogP contribution >= 0.6 is 11.6 Å². The van der Waals surface area contributed by atoms with E-state index in [-0.39, 0.29) is 29.6 Å². The lowest BCUT2D eigenvalue weighted by Crippen LogP contribution is -2.33. The highest BCUT2D eigenvalue weighted by Gasteiger charge is 2.21. The van der Waals surface area contributed by atoms with Gasteiger partial charge in [0.15, 0.2) is 0 Å². The predicted molar refractivity (Wildman–Crippen MR) is 116 cm³/mol. The molecule has 0 fully saturated rings. The first-order valence-corrected chi connectivity index (χ1v) is 9.86. The molecule has 0 aliphatic rings. The lowest BCUT2D eigenvalue weighted by atomic mass is 10.2. The maximum Gasteiger partial charge on any atom is 0.256 e. The molecule has 31 heavy (non-hydrogen) atoms. The van der Waals surface area contributed by atoms with Crippen LogP contribution in [0.4, 0.5) is 10.1 Å². The normalized spacial score (nSPS) is 10.6. The third-order valence-corrected chi connectivity index (χ3v) is 4.96. The van der Waals surface area contributed by atoms with Gasteiger partial charge in [0.1, 0.15) is 16.7 Å². The molecule has 2 amide bonds. The molecule has 2 N–H and O–H groups in total. The Morgan fingerprint density at radius 2 is 1.87 bits per heavy atom. The average molecular weight is 445 g/mol. The summed E-state index contributed by atoms with van der Waals surface area (Å²) in [7, 11) is 1.51. The number of rotatable bonds is 7. The van der Waals surface area contributed by atoms with E-state index in [1.165, 1.54) is 23.9 Å². The highest BCUT2D eigenvalue weighted by atomic mass is 35.5. The van der Waals surface area contributed by atoms with Gasteiger partial charge in [-0.05, 0) is 49.2 Å². The minimum Gasteiger partial charge on any atom is -0.495 e. The Morgan fingerprint density at radius 3 is 2.55 bits per heavy atom. The van der Waals surface area contributed by atoms with Gasteiger partial charge >= 0.3 is 0 Å². The smallest absolute Gasteiger partial charge is 0.256 e. The number of hydrogen-bond acceptors (Lipinski definition) is 4. The molecule has 0 radical (unpaired) electrons. The van der Waals surface area contributed by atoms with Crippen molar-refractivity contribution in [1.29, 1.82) is 0 Å². The van der Waals surface area contributed by atoms with Crippen LogP contribution in [-0.4, -0.2) is 35.2 Å². The molecule has 0 aliphatic heterocycles. The maximum absolute atomic E-state index is 13.1. The molecule has 0 saturated carbocycles. The lowest BCUT2D eigenvalue weighted by molar-refractivity contribution is -0.115. The molecule has 162 valence electrons. The van der Waals surface area contributed by atoms with Gasteiger partial charge in [0, 0.05) is 0 Å². The Bertz CT molecular complexity index is 1110. The summed E-state index contributed by atoms with van der Waals surface area (Å²) >= 11 is 6.36. The molecule has 0 unspecified atom stereocenters. The van der Waals surface area contributed by atoms with Crippen LogP contribution in [0.1, 0.15) is 27.2 Å². The van der Waals surface area contributed by atoms with Crippen LogP contribution in [0.2, 0.25) is 5.15 Å². The van der Waals surface area contributed by atoms with Crippen LogP contribution in [0.3, 0.4) is 0 Å². The third-order valence-electron chi connectivity index (χ3n) is 4.58. The van der Waals surface area contributed by atoms with Gasteiger partial charge in [0.25, 0.3) is 5.91 Å². The fraction of sp³-hybridized carbons (Fsp3) is 0.227. The van der Waals surface area contributed by atoms with Gasteiger partial charge < -0.3 is 15.4 Å². The number of carbonyl (C=O) groups is 2. The number of methoxy groups -OCH3 is 1. The summed E-state index contributed by atoms with van der Waals surface area (Å²) in [6, 6.07) is 11.3. The van der Waals surface area contributed by atoms with Crippen molar-refractivity contribution in [2.75, 3.05) is 19.0 Å². The van der Waals surface area contributed by atoms with Gasteiger partial charge in [-0.25, -0.2) is 9.07 Å². The zero-order chi connectivity index (χ0) is 22.5. The molecule has 3 rings (SSSR count).